The minimum atomic E-state index is -0.439. The molecule has 0 aromatic heterocycles. The highest BCUT2D eigenvalue weighted by molar-refractivity contribution is 5.98. The zero-order valence-corrected chi connectivity index (χ0v) is 9.42. The molecule has 0 saturated heterocycles. The van der Waals surface area contributed by atoms with Crippen LogP contribution in [0.15, 0.2) is 11.8 Å². The summed E-state index contributed by atoms with van der Waals surface area (Å²) in [6.07, 6.45) is 2.45. The number of nitrogens with one attached hydrogen (secondary N) is 1. The molecule has 0 heterocycles. The lowest BCUT2D eigenvalue weighted by atomic mass is 9.88. The SMILES string of the molecule is CCC(N)/C=C(\NN)C(=O)C(C)(C)C. The molecule has 0 spiro atoms. The Balaban J connectivity index is 4.74. The second-order valence-corrected chi connectivity index (χ2v) is 4.38. The summed E-state index contributed by atoms with van der Waals surface area (Å²) in [6, 6.07) is -0.132. The molecule has 1 unspecified atom stereocenters. The highest BCUT2D eigenvalue weighted by atomic mass is 16.1. The number of hydrazine groups is 1. The average molecular weight is 199 g/mol. The van der Waals surface area contributed by atoms with Crippen molar-refractivity contribution in [2.45, 2.75) is 40.2 Å². The summed E-state index contributed by atoms with van der Waals surface area (Å²) in [6.45, 7) is 7.49. The van der Waals surface area contributed by atoms with E-state index in [1.807, 2.05) is 27.7 Å². The number of ketones is 1. The molecule has 0 bridgehead atoms. The van der Waals surface area contributed by atoms with E-state index in [1.54, 1.807) is 6.08 Å². The maximum atomic E-state index is 11.8. The molecule has 5 N–H and O–H groups in total. The van der Waals surface area contributed by atoms with Gasteiger partial charge in [0.15, 0.2) is 5.78 Å². The van der Waals surface area contributed by atoms with Gasteiger partial charge < -0.3 is 11.2 Å². The number of nitrogens with two attached hydrogens (primary N) is 2. The Morgan fingerprint density at radius 3 is 2.29 bits per heavy atom. The van der Waals surface area contributed by atoms with Crippen molar-refractivity contribution in [3.8, 4) is 0 Å². The number of rotatable bonds is 4. The van der Waals surface area contributed by atoms with Crippen LogP contribution in [0.1, 0.15) is 34.1 Å². The summed E-state index contributed by atoms with van der Waals surface area (Å²) in [5, 5.41) is 0. The van der Waals surface area contributed by atoms with Crippen molar-refractivity contribution >= 4 is 5.78 Å². The third-order valence-electron chi connectivity index (χ3n) is 1.93. The molecule has 82 valence electrons. The van der Waals surface area contributed by atoms with Gasteiger partial charge in [-0.1, -0.05) is 27.7 Å². The molecule has 0 aromatic carbocycles. The van der Waals surface area contributed by atoms with E-state index in [2.05, 4.69) is 5.43 Å². The summed E-state index contributed by atoms with van der Waals surface area (Å²) < 4.78 is 0. The lowest BCUT2D eigenvalue weighted by Gasteiger charge is -2.19. The first kappa shape index (κ1) is 13.1. The number of Topliss-reactive ketones (excluding diaryl/α,β-unsaturated/α-hetero) is 1. The second kappa shape index (κ2) is 5.12. The molecule has 0 aliphatic rings. The lowest BCUT2D eigenvalue weighted by molar-refractivity contribution is -0.122. The molecule has 0 aliphatic carbocycles. The minimum Gasteiger partial charge on any atom is -0.324 e. The molecule has 0 fully saturated rings. The highest BCUT2D eigenvalue weighted by Crippen LogP contribution is 2.18. The Hall–Kier alpha value is -0.870. The van der Waals surface area contributed by atoms with Gasteiger partial charge in [-0.15, -0.1) is 0 Å². The fourth-order valence-electron chi connectivity index (χ4n) is 0.925. The van der Waals surface area contributed by atoms with Crippen LogP contribution in [-0.4, -0.2) is 11.8 Å². The summed E-state index contributed by atoms with van der Waals surface area (Å²) in [5.41, 5.74) is 8.07. The quantitative estimate of drug-likeness (QED) is 0.353. The topological polar surface area (TPSA) is 81.1 Å². The largest absolute Gasteiger partial charge is 0.324 e. The molecule has 0 saturated carbocycles. The van der Waals surface area contributed by atoms with Crippen molar-refractivity contribution in [2.24, 2.45) is 17.0 Å². The van der Waals surface area contributed by atoms with Crippen LogP contribution in [0.3, 0.4) is 0 Å². The number of allylic oxidation sites excluding steroid dienone is 1. The molecule has 0 radical (unpaired) electrons. The first-order valence-electron chi connectivity index (χ1n) is 4.81. The molecule has 0 rings (SSSR count). The van der Waals surface area contributed by atoms with Crippen molar-refractivity contribution in [3.63, 3.8) is 0 Å². The number of carbonyl (C=O) groups excluding carboxylic acids is 1. The monoisotopic (exact) mass is 199 g/mol. The van der Waals surface area contributed by atoms with E-state index >= 15 is 0 Å². The first-order chi connectivity index (χ1) is 6.32. The van der Waals surface area contributed by atoms with E-state index < -0.39 is 5.41 Å². The number of hydrogen-bond acceptors (Lipinski definition) is 4. The predicted octanol–water partition coefficient (Wildman–Crippen LogP) is 0.686. The fraction of sp³-hybridized carbons (Fsp3) is 0.700. The highest BCUT2D eigenvalue weighted by Gasteiger charge is 2.24. The van der Waals surface area contributed by atoms with Crippen molar-refractivity contribution in [1.29, 1.82) is 0 Å². The van der Waals surface area contributed by atoms with E-state index in [0.29, 0.717) is 5.70 Å². The van der Waals surface area contributed by atoms with Crippen LogP contribution in [0.4, 0.5) is 0 Å². The van der Waals surface area contributed by atoms with E-state index in [0.717, 1.165) is 6.42 Å². The zero-order chi connectivity index (χ0) is 11.4. The predicted molar refractivity (Wildman–Crippen MR) is 58.1 cm³/mol. The minimum absolute atomic E-state index is 0.0242. The number of hydrogen-bond donors (Lipinski definition) is 3. The Kier molecular flexibility index (Phi) is 4.80. The van der Waals surface area contributed by atoms with Crippen LogP contribution in [-0.2, 0) is 4.79 Å². The van der Waals surface area contributed by atoms with E-state index in [9.17, 15) is 4.79 Å². The van der Waals surface area contributed by atoms with E-state index in [-0.39, 0.29) is 11.8 Å². The number of carbonyl (C=O) groups is 1. The van der Waals surface area contributed by atoms with Crippen molar-refractivity contribution in [2.75, 3.05) is 0 Å². The molecule has 0 amide bonds. The van der Waals surface area contributed by atoms with Crippen LogP contribution < -0.4 is 17.0 Å². The summed E-state index contributed by atoms with van der Waals surface area (Å²) >= 11 is 0. The Labute approximate surface area is 85.7 Å². The molecular weight excluding hydrogens is 178 g/mol. The molecule has 0 aromatic rings. The van der Waals surface area contributed by atoms with Crippen LogP contribution in [0.5, 0.6) is 0 Å². The first-order valence-corrected chi connectivity index (χ1v) is 4.81. The molecular formula is C10H21N3O. The summed E-state index contributed by atoms with van der Waals surface area (Å²) in [5.74, 6) is 5.25. The fourth-order valence-corrected chi connectivity index (χ4v) is 0.925. The van der Waals surface area contributed by atoms with Crippen molar-refractivity contribution in [3.05, 3.63) is 11.8 Å². The Morgan fingerprint density at radius 2 is 2.00 bits per heavy atom. The van der Waals surface area contributed by atoms with Gasteiger partial charge in [0.1, 0.15) is 0 Å². The average Bonchev–Trinajstić information content (AvgIpc) is 2.11. The normalized spacial score (nSPS) is 15.1. The van der Waals surface area contributed by atoms with Gasteiger partial charge in [-0.2, -0.15) is 0 Å². The Morgan fingerprint density at radius 1 is 1.50 bits per heavy atom. The second-order valence-electron chi connectivity index (χ2n) is 4.38. The van der Waals surface area contributed by atoms with Crippen molar-refractivity contribution < 1.29 is 4.79 Å². The maximum absolute atomic E-state index is 11.8. The van der Waals surface area contributed by atoms with Gasteiger partial charge >= 0.3 is 0 Å². The van der Waals surface area contributed by atoms with Gasteiger partial charge in [0.2, 0.25) is 0 Å². The van der Waals surface area contributed by atoms with Gasteiger partial charge in [0.25, 0.3) is 0 Å². The van der Waals surface area contributed by atoms with Crippen LogP contribution in [0, 0.1) is 5.41 Å². The van der Waals surface area contributed by atoms with Gasteiger partial charge in [-0.25, -0.2) is 0 Å². The molecule has 4 heteroatoms. The van der Waals surface area contributed by atoms with E-state index in [1.165, 1.54) is 0 Å². The molecule has 4 nitrogen and oxygen atoms in total. The van der Waals surface area contributed by atoms with E-state index in [4.69, 9.17) is 11.6 Å². The smallest absolute Gasteiger partial charge is 0.184 e. The van der Waals surface area contributed by atoms with Crippen LogP contribution in [0.2, 0.25) is 0 Å². The van der Waals surface area contributed by atoms with Crippen LogP contribution in [0.25, 0.3) is 0 Å². The molecule has 1 atom stereocenters. The van der Waals surface area contributed by atoms with Gasteiger partial charge in [0, 0.05) is 11.5 Å². The van der Waals surface area contributed by atoms with Gasteiger partial charge in [0.05, 0.1) is 5.70 Å². The third-order valence-corrected chi connectivity index (χ3v) is 1.93. The molecule has 14 heavy (non-hydrogen) atoms. The van der Waals surface area contributed by atoms with Gasteiger partial charge in [-0.05, 0) is 12.5 Å². The van der Waals surface area contributed by atoms with Crippen molar-refractivity contribution in [1.82, 2.24) is 5.43 Å². The summed E-state index contributed by atoms with van der Waals surface area (Å²) in [4.78, 5) is 11.8. The maximum Gasteiger partial charge on any atom is 0.184 e. The van der Waals surface area contributed by atoms with Crippen LogP contribution >= 0.6 is 0 Å². The summed E-state index contributed by atoms with van der Waals surface area (Å²) in [7, 11) is 0. The third kappa shape index (κ3) is 3.89. The Bertz CT molecular complexity index is 228. The zero-order valence-electron chi connectivity index (χ0n) is 9.42. The lowest BCUT2D eigenvalue weighted by Crippen LogP contribution is -2.35. The van der Waals surface area contributed by atoms with Gasteiger partial charge in [-0.3, -0.25) is 10.6 Å². The molecule has 0 aliphatic heterocycles. The standard InChI is InChI=1S/C10H21N3O/c1-5-7(11)6-8(13-12)9(14)10(2,3)4/h6-7,13H,5,11-12H2,1-4H3/b8-6-.